The van der Waals surface area contributed by atoms with Crippen molar-refractivity contribution in [3.8, 4) is 0 Å². The van der Waals surface area contributed by atoms with Gasteiger partial charge in [-0.15, -0.1) is 24.0 Å². The lowest BCUT2D eigenvalue weighted by molar-refractivity contribution is -0.0250. The molecular formula is C19H30IN3O. The highest BCUT2D eigenvalue weighted by Crippen LogP contribution is 2.34. The first kappa shape index (κ1) is 19.5. The monoisotopic (exact) mass is 443 g/mol. The van der Waals surface area contributed by atoms with Crippen LogP contribution in [-0.4, -0.2) is 37.1 Å². The molecule has 1 aromatic rings. The fourth-order valence-corrected chi connectivity index (χ4v) is 3.59. The Kier molecular flexibility index (Phi) is 7.81. The normalized spacial score (nSPS) is 25.2. The van der Waals surface area contributed by atoms with Crippen molar-refractivity contribution in [3.05, 3.63) is 35.4 Å². The van der Waals surface area contributed by atoms with E-state index in [4.69, 9.17) is 15.5 Å². The molecule has 5 heteroatoms. The van der Waals surface area contributed by atoms with E-state index >= 15 is 0 Å². The summed E-state index contributed by atoms with van der Waals surface area (Å²) in [7, 11) is 0. The summed E-state index contributed by atoms with van der Waals surface area (Å²) < 4.78 is 6.07. The molecule has 2 fully saturated rings. The van der Waals surface area contributed by atoms with Crippen LogP contribution in [0.25, 0.3) is 0 Å². The maximum atomic E-state index is 6.20. The number of nitrogens with zero attached hydrogens (tertiary/aromatic N) is 2. The van der Waals surface area contributed by atoms with Gasteiger partial charge in [0.05, 0.1) is 6.10 Å². The molecule has 0 saturated carbocycles. The number of likely N-dealkylation sites (tertiary alicyclic amines) is 1. The number of ether oxygens (including phenoxy) is 1. The zero-order valence-corrected chi connectivity index (χ0v) is 16.9. The van der Waals surface area contributed by atoms with E-state index in [1.54, 1.807) is 0 Å². The van der Waals surface area contributed by atoms with E-state index in [-0.39, 0.29) is 30.1 Å². The van der Waals surface area contributed by atoms with Gasteiger partial charge in [-0.05, 0) is 44.6 Å². The first-order valence-electron chi connectivity index (χ1n) is 8.97. The Bertz CT molecular complexity index is 526. The summed E-state index contributed by atoms with van der Waals surface area (Å²) >= 11 is 0. The van der Waals surface area contributed by atoms with E-state index in [2.05, 4.69) is 36.1 Å². The van der Waals surface area contributed by atoms with Gasteiger partial charge in [0.15, 0.2) is 5.96 Å². The topological polar surface area (TPSA) is 50.9 Å². The van der Waals surface area contributed by atoms with Crippen LogP contribution in [0.5, 0.6) is 0 Å². The number of benzene rings is 1. The number of guanidine groups is 1. The highest BCUT2D eigenvalue weighted by Gasteiger charge is 2.27. The van der Waals surface area contributed by atoms with Gasteiger partial charge in [0, 0.05) is 32.2 Å². The van der Waals surface area contributed by atoms with Gasteiger partial charge in [0.2, 0.25) is 0 Å². The summed E-state index contributed by atoms with van der Waals surface area (Å²) in [6.45, 7) is 5.84. The molecule has 0 aliphatic carbocycles. The largest absolute Gasteiger partial charge is 0.373 e. The van der Waals surface area contributed by atoms with E-state index in [0.717, 1.165) is 45.0 Å². The van der Waals surface area contributed by atoms with Crippen LogP contribution < -0.4 is 5.73 Å². The van der Waals surface area contributed by atoms with Crippen molar-refractivity contribution in [2.24, 2.45) is 16.6 Å². The van der Waals surface area contributed by atoms with Gasteiger partial charge in [-0.2, -0.15) is 0 Å². The number of rotatable bonds is 3. The van der Waals surface area contributed by atoms with Crippen LogP contribution in [0.15, 0.2) is 29.3 Å². The van der Waals surface area contributed by atoms with Crippen molar-refractivity contribution >= 4 is 29.9 Å². The maximum absolute atomic E-state index is 6.20. The van der Waals surface area contributed by atoms with Crippen LogP contribution in [-0.2, 0) is 4.74 Å². The summed E-state index contributed by atoms with van der Waals surface area (Å²) in [5.74, 6) is 1.15. The molecule has 0 aromatic heterocycles. The van der Waals surface area contributed by atoms with Gasteiger partial charge < -0.3 is 15.4 Å². The van der Waals surface area contributed by atoms with Gasteiger partial charge >= 0.3 is 0 Å². The molecule has 2 aliphatic rings. The lowest BCUT2D eigenvalue weighted by Gasteiger charge is -2.32. The Morgan fingerprint density at radius 1 is 1.17 bits per heavy atom. The fraction of sp³-hybridized carbons (Fsp3) is 0.632. The van der Waals surface area contributed by atoms with Crippen LogP contribution in [0.4, 0.5) is 0 Å². The Balaban J connectivity index is 0.00000208. The second-order valence-electron chi connectivity index (χ2n) is 6.85. The molecule has 0 bridgehead atoms. The minimum absolute atomic E-state index is 0. The van der Waals surface area contributed by atoms with Crippen LogP contribution >= 0.6 is 24.0 Å². The second kappa shape index (κ2) is 9.61. The highest BCUT2D eigenvalue weighted by atomic mass is 127. The number of halogens is 1. The molecule has 2 atom stereocenters. The van der Waals surface area contributed by atoms with Gasteiger partial charge in [-0.25, -0.2) is 0 Å². The van der Waals surface area contributed by atoms with Crippen molar-refractivity contribution in [1.29, 1.82) is 0 Å². The zero-order chi connectivity index (χ0) is 16.1. The van der Waals surface area contributed by atoms with Crippen molar-refractivity contribution in [2.75, 3.05) is 26.2 Å². The van der Waals surface area contributed by atoms with E-state index in [1.165, 1.54) is 30.4 Å². The third-order valence-corrected chi connectivity index (χ3v) is 5.02. The first-order chi connectivity index (χ1) is 11.2. The minimum atomic E-state index is 0. The molecule has 0 radical (unpaired) electrons. The van der Waals surface area contributed by atoms with Gasteiger partial charge in [-0.1, -0.05) is 29.8 Å². The summed E-state index contributed by atoms with van der Waals surface area (Å²) in [4.78, 5) is 6.94. The van der Waals surface area contributed by atoms with Gasteiger partial charge in [0.25, 0.3) is 0 Å². The molecule has 2 heterocycles. The average molecular weight is 443 g/mol. The predicted molar refractivity (Wildman–Crippen MR) is 110 cm³/mol. The first-order valence-corrected chi connectivity index (χ1v) is 8.97. The van der Waals surface area contributed by atoms with Gasteiger partial charge in [0.1, 0.15) is 0 Å². The molecule has 2 unspecified atom stereocenters. The fourth-order valence-electron chi connectivity index (χ4n) is 3.59. The smallest absolute Gasteiger partial charge is 0.191 e. The Labute approximate surface area is 162 Å². The van der Waals surface area contributed by atoms with Crippen LogP contribution in [0.1, 0.15) is 49.3 Å². The molecular weight excluding hydrogens is 413 g/mol. The molecule has 4 nitrogen and oxygen atoms in total. The van der Waals surface area contributed by atoms with Crippen molar-refractivity contribution < 1.29 is 4.74 Å². The summed E-state index contributed by atoms with van der Waals surface area (Å²) in [5, 5.41) is 0. The lowest BCUT2D eigenvalue weighted by atomic mass is 9.89. The van der Waals surface area contributed by atoms with E-state index in [9.17, 15) is 0 Å². The Hall–Kier alpha value is -0.820. The SMILES string of the molecule is Cc1ccc(C2OCCCC2CN=C(N)N2CCCCC2)cc1.I. The maximum Gasteiger partial charge on any atom is 0.191 e. The average Bonchev–Trinajstić information content (AvgIpc) is 2.61. The van der Waals surface area contributed by atoms with E-state index < -0.39 is 0 Å². The standard InChI is InChI=1S/C19H29N3O.HI/c1-15-7-9-16(10-8-15)18-17(6-5-13-23-18)14-21-19(20)22-11-3-2-4-12-22;/h7-10,17-18H,2-6,11-14H2,1H3,(H2,20,21);1H. The Morgan fingerprint density at radius 3 is 2.58 bits per heavy atom. The third kappa shape index (κ3) is 5.09. The van der Waals surface area contributed by atoms with Crippen LogP contribution in [0, 0.1) is 12.8 Å². The molecule has 2 aliphatic heterocycles. The summed E-state index contributed by atoms with van der Waals surface area (Å²) in [6.07, 6.45) is 6.21. The number of piperidine rings is 1. The lowest BCUT2D eigenvalue weighted by Crippen LogP contribution is -2.41. The molecule has 134 valence electrons. The number of hydrogen-bond acceptors (Lipinski definition) is 2. The zero-order valence-electron chi connectivity index (χ0n) is 14.6. The quantitative estimate of drug-likeness (QED) is 0.438. The second-order valence-corrected chi connectivity index (χ2v) is 6.85. The summed E-state index contributed by atoms with van der Waals surface area (Å²) in [5.41, 5.74) is 8.76. The third-order valence-electron chi connectivity index (χ3n) is 5.02. The number of nitrogens with two attached hydrogens (primary N) is 1. The minimum Gasteiger partial charge on any atom is -0.373 e. The van der Waals surface area contributed by atoms with E-state index in [0.29, 0.717) is 5.92 Å². The molecule has 2 N–H and O–H groups in total. The highest BCUT2D eigenvalue weighted by molar-refractivity contribution is 14.0. The number of hydrogen-bond donors (Lipinski definition) is 1. The molecule has 24 heavy (non-hydrogen) atoms. The van der Waals surface area contributed by atoms with Crippen LogP contribution in [0.2, 0.25) is 0 Å². The van der Waals surface area contributed by atoms with E-state index in [1.807, 2.05) is 0 Å². The molecule has 2 saturated heterocycles. The number of aryl methyl sites for hydroxylation is 1. The molecule has 1 aromatic carbocycles. The molecule has 0 amide bonds. The van der Waals surface area contributed by atoms with Gasteiger partial charge in [-0.3, -0.25) is 4.99 Å². The summed E-state index contributed by atoms with van der Waals surface area (Å²) in [6, 6.07) is 8.71. The van der Waals surface area contributed by atoms with Crippen molar-refractivity contribution in [1.82, 2.24) is 4.90 Å². The van der Waals surface area contributed by atoms with Crippen molar-refractivity contribution in [2.45, 2.75) is 45.1 Å². The van der Waals surface area contributed by atoms with Crippen LogP contribution in [0.3, 0.4) is 0 Å². The predicted octanol–water partition coefficient (Wildman–Crippen LogP) is 3.88. The Morgan fingerprint density at radius 2 is 1.88 bits per heavy atom. The molecule has 0 spiro atoms. The molecule has 3 rings (SSSR count). The van der Waals surface area contributed by atoms with Crippen molar-refractivity contribution in [3.63, 3.8) is 0 Å². The number of aliphatic imine (C=N–C) groups is 1.